The molecule has 0 aliphatic carbocycles. The van der Waals surface area contributed by atoms with Crippen molar-refractivity contribution in [1.82, 2.24) is 0 Å². The van der Waals surface area contributed by atoms with E-state index in [1.165, 1.54) is 4.90 Å². The lowest BCUT2D eigenvalue weighted by Crippen LogP contribution is -2.10. The van der Waals surface area contributed by atoms with Gasteiger partial charge in [-0.25, -0.2) is 0 Å². The predicted molar refractivity (Wildman–Crippen MR) is 85.4 cm³/mol. The van der Waals surface area contributed by atoms with Gasteiger partial charge in [-0.2, -0.15) is 0 Å². The molecule has 19 heavy (non-hydrogen) atoms. The Morgan fingerprint density at radius 3 is 2.26 bits per heavy atom. The third-order valence-electron chi connectivity index (χ3n) is 2.76. The number of thioether (sulfide) groups is 1. The first-order valence-corrected chi connectivity index (χ1v) is 7.46. The Bertz CT molecular complexity index is 594. The zero-order chi connectivity index (χ0) is 13.8. The van der Waals surface area contributed by atoms with Crippen LogP contribution in [0.4, 0.5) is 0 Å². The number of nitrogens with two attached hydrogens (primary N) is 1. The van der Waals surface area contributed by atoms with E-state index in [1.807, 2.05) is 55.6 Å². The summed E-state index contributed by atoms with van der Waals surface area (Å²) in [5.74, 6) is 1.61. The quantitative estimate of drug-likeness (QED) is 0.677. The number of hydrogen-bond acceptors (Lipinski definition) is 3. The molecule has 0 fully saturated rings. The van der Waals surface area contributed by atoms with Crippen LogP contribution in [0.3, 0.4) is 0 Å². The molecule has 0 saturated carbocycles. The topological polar surface area (TPSA) is 35.2 Å². The van der Waals surface area contributed by atoms with Gasteiger partial charge in [-0.15, -0.1) is 11.8 Å². The Balaban J connectivity index is 2.18. The molecule has 2 nitrogen and oxygen atoms in total. The molecule has 2 rings (SSSR count). The second-order valence-corrected chi connectivity index (χ2v) is 5.44. The van der Waals surface area contributed by atoms with Crippen LogP contribution in [0.2, 0.25) is 0 Å². The van der Waals surface area contributed by atoms with Gasteiger partial charge in [-0.05, 0) is 61.2 Å². The van der Waals surface area contributed by atoms with Crippen molar-refractivity contribution in [3.63, 3.8) is 0 Å². The zero-order valence-electron chi connectivity index (χ0n) is 10.8. The fourth-order valence-corrected chi connectivity index (χ4v) is 2.39. The van der Waals surface area contributed by atoms with Crippen molar-refractivity contribution in [2.75, 3.05) is 6.26 Å². The highest BCUT2D eigenvalue weighted by Gasteiger charge is 2.04. The lowest BCUT2D eigenvalue weighted by molar-refractivity contribution is 0.482. The molecule has 2 N–H and O–H groups in total. The molecule has 0 radical (unpaired) electrons. The fourth-order valence-electron chi connectivity index (χ4n) is 1.76. The Labute approximate surface area is 123 Å². The van der Waals surface area contributed by atoms with E-state index in [0.717, 1.165) is 22.6 Å². The lowest BCUT2D eigenvalue weighted by Gasteiger charge is -2.09. The van der Waals surface area contributed by atoms with Gasteiger partial charge in [0, 0.05) is 10.5 Å². The average molecular weight is 289 g/mol. The summed E-state index contributed by atoms with van der Waals surface area (Å²) in [6, 6.07) is 13.7. The van der Waals surface area contributed by atoms with E-state index in [2.05, 4.69) is 0 Å². The van der Waals surface area contributed by atoms with Crippen molar-refractivity contribution in [3.8, 4) is 11.5 Å². The molecule has 0 atom stereocenters. The van der Waals surface area contributed by atoms with Crippen LogP contribution >= 0.6 is 24.0 Å². The number of rotatable bonds is 4. The van der Waals surface area contributed by atoms with Crippen LogP contribution in [-0.4, -0.2) is 11.2 Å². The molecule has 2 aromatic rings. The van der Waals surface area contributed by atoms with E-state index >= 15 is 0 Å². The van der Waals surface area contributed by atoms with E-state index in [9.17, 15) is 0 Å². The number of hydrogen-bond donors (Lipinski definition) is 1. The van der Waals surface area contributed by atoms with Gasteiger partial charge < -0.3 is 10.5 Å². The number of benzene rings is 2. The second-order valence-electron chi connectivity index (χ2n) is 4.12. The largest absolute Gasteiger partial charge is 0.457 e. The van der Waals surface area contributed by atoms with Crippen LogP contribution in [0.5, 0.6) is 11.5 Å². The van der Waals surface area contributed by atoms with Gasteiger partial charge in [0.1, 0.15) is 16.5 Å². The molecule has 2 aromatic carbocycles. The van der Waals surface area contributed by atoms with E-state index in [-0.39, 0.29) is 0 Å². The standard InChI is InChI=1S/C15H15NOS2/c1-10-9-12(5-8-14(10)15(16)18)17-11-3-6-13(19-2)7-4-11/h3-9H,1-2H3,(H2,16,18). The summed E-state index contributed by atoms with van der Waals surface area (Å²) in [5, 5.41) is 0. The Morgan fingerprint density at radius 2 is 1.74 bits per heavy atom. The van der Waals surface area contributed by atoms with E-state index in [1.54, 1.807) is 11.8 Å². The first-order chi connectivity index (χ1) is 9.10. The summed E-state index contributed by atoms with van der Waals surface area (Å²) >= 11 is 6.69. The van der Waals surface area contributed by atoms with Crippen molar-refractivity contribution in [3.05, 3.63) is 53.6 Å². The summed E-state index contributed by atoms with van der Waals surface area (Å²) < 4.78 is 5.80. The second kappa shape index (κ2) is 6.08. The van der Waals surface area contributed by atoms with Crippen molar-refractivity contribution < 1.29 is 4.74 Å². The van der Waals surface area contributed by atoms with Gasteiger partial charge in [0.25, 0.3) is 0 Å². The number of thiocarbonyl (C=S) groups is 1. The molecule has 0 bridgehead atoms. The molecular formula is C15H15NOS2. The van der Waals surface area contributed by atoms with Crippen molar-refractivity contribution in [2.24, 2.45) is 5.73 Å². The Hall–Kier alpha value is -1.52. The number of ether oxygens (including phenoxy) is 1. The highest BCUT2D eigenvalue weighted by Crippen LogP contribution is 2.25. The first kappa shape index (κ1) is 13.9. The monoisotopic (exact) mass is 289 g/mol. The third kappa shape index (κ3) is 3.49. The molecular weight excluding hydrogens is 274 g/mol. The maximum atomic E-state index is 5.80. The smallest absolute Gasteiger partial charge is 0.127 e. The summed E-state index contributed by atoms with van der Waals surface area (Å²) in [4.78, 5) is 1.63. The maximum Gasteiger partial charge on any atom is 0.127 e. The van der Waals surface area contributed by atoms with Gasteiger partial charge in [-0.3, -0.25) is 0 Å². The van der Waals surface area contributed by atoms with E-state index in [4.69, 9.17) is 22.7 Å². The van der Waals surface area contributed by atoms with Gasteiger partial charge in [-0.1, -0.05) is 12.2 Å². The normalized spacial score (nSPS) is 10.2. The minimum Gasteiger partial charge on any atom is -0.457 e. The van der Waals surface area contributed by atoms with Crippen molar-refractivity contribution in [1.29, 1.82) is 0 Å². The molecule has 0 aliphatic rings. The molecule has 0 spiro atoms. The van der Waals surface area contributed by atoms with Crippen LogP contribution < -0.4 is 10.5 Å². The van der Waals surface area contributed by atoms with Crippen molar-refractivity contribution >= 4 is 29.0 Å². The first-order valence-electron chi connectivity index (χ1n) is 5.82. The molecule has 98 valence electrons. The fraction of sp³-hybridized carbons (Fsp3) is 0.133. The van der Waals surface area contributed by atoms with E-state index in [0.29, 0.717) is 4.99 Å². The zero-order valence-corrected chi connectivity index (χ0v) is 12.5. The molecule has 0 saturated heterocycles. The van der Waals surface area contributed by atoms with Gasteiger partial charge in [0.2, 0.25) is 0 Å². The van der Waals surface area contributed by atoms with Crippen molar-refractivity contribution in [2.45, 2.75) is 11.8 Å². The molecule has 0 heterocycles. The van der Waals surface area contributed by atoms with Gasteiger partial charge >= 0.3 is 0 Å². The van der Waals surface area contributed by atoms with E-state index < -0.39 is 0 Å². The number of aryl methyl sites for hydroxylation is 1. The highest BCUT2D eigenvalue weighted by atomic mass is 32.2. The predicted octanol–water partition coefficient (Wildman–Crippen LogP) is 4.14. The SMILES string of the molecule is CSc1ccc(Oc2ccc(C(N)=S)c(C)c2)cc1. The van der Waals surface area contributed by atoms with Crippen LogP contribution in [-0.2, 0) is 0 Å². The molecule has 0 aliphatic heterocycles. The minimum atomic E-state index is 0.411. The summed E-state index contributed by atoms with van der Waals surface area (Å²) in [7, 11) is 0. The van der Waals surface area contributed by atoms with Gasteiger partial charge in [0.05, 0.1) is 0 Å². The molecule has 0 amide bonds. The summed E-state index contributed by atoms with van der Waals surface area (Å²) in [6.45, 7) is 1.97. The maximum absolute atomic E-state index is 5.80. The van der Waals surface area contributed by atoms with Crippen LogP contribution in [0, 0.1) is 6.92 Å². The Kier molecular flexibility index (Phi) is 4.45. The third-order valence-corrected chi connectivity index (χ3v) is 3.72. The van der Waals surface area contributed by atoms with Crippen LogP contribution in [0.15, 0.2) is 47.4 Å². The molecule has 4 heteroatoms. The highest BCUT2D eigenvalue weighted by molar-refractivity contribution is 7.98. The van der Waals surface area contributed by atoms with Crippen LogP contribution in [0.25, 0.3) is 0 Å². The Morgan fingerprint density at radius 1 is 1.11 bits per heavy atom. The average Bonchev–Trinajstić information content (AvgIpc) is 2.39. The summed E-state index contributed by atoms with van der Waals surface area (Å²) in [6.07, 6.45) is 2.05. The van der Waals surface area contributed by atoms with Crippen LogP contribution in [0.1, 0.15) is 11.1 Å². The molecule has 0 unspecified atom stereocenters. The molecule has 0 aromatic heterocycles. The van der Waals surface area contributed by atoms with Gasteiger partial charge in [0.15, 0.2) is 0 Å². The summed E-state index contributed by atoms with van der Waals surface area (Å²) in [5.41, 5.74) is 7.55. The minimum absolute atomic E-state index is 0.411. The lowest BCUT2D eigenvalue weighted by atomic mass is 10.1.